The molecular weight excluding hydrogens is 409 g/mol. The summed E-state index contributed by atoms with van der Waals surface area (Å²) in [4.78, 5) is 40.1. The van der Waals surface area contributed by atoms with E-state index in [2.05, 4.69) is 10.6 Å². The summed E-state index contributed by atoms with van der Waals surface area (Å²) in [5.41, 5.74) is 1.79. The number of rotatable bonds is 7. The van der Waals surface area contributed by atoms with Gasteiger partial charge in [-0.2, -0.15) is 0 Å². The number of aryl methyl sites for hydroxylation is 1. The molecule has 1 unspecified atom stereocenters. The van der Waals surface area contributed by atoms with E-state index >= 15 is 0 Å². The zero-order valence-corrected chi connectivity index (χ0v) is 18.6. The summed E-state index contributed by atoms with van der Waals surface area (Å²) in [6.07, 6.45) is 1.93. The van der Waals surface area contributed by atoms with Gasteiger partial charge in [-0.15, -0.1) is 0 Å². The van der Waals surface area contributed by atoms with E-state index in [0.29, 0.717) is 43.6 Å². The average molecular weight is 440 g/mol. The van der Waals surface area contributed by atoms with E-state index in [1.54, 1.807) is 23.1 Å². The van der Waals surface area contributed by atoms with Crippen LogP contribution in [-0.2, 0) is 4.79 Å². The monoisotopic (exact) mass is 439 g/mol. The SMILES string of the molecule is CCCNC(=O)C(NC(=O)c1cccc(C)c1)C1CCN(C(=O)c2cccc(F)c2)CC1. The first kappa shape index (κ1) is 23.4. The Bertz CT molecular complexity index is 970. The van der Waals surface area contributed by atoms with Gasteiger partial charge in [-0.1, -0.05) is 30.7 Å². The van der Waals surface area contributed by atoms with Crippen molar-refractivity contribution in [2.75, 3.05) is 19.6 Å². The lowest BCUT2D eigenvalue weighted by atomic mass is 9.88. The van der Waals surface area contributed by atoms with E-state index in [1.807, 2.05) is 26.0 Å². The molecule has 1 atom stereocenters. The quantitative estimate of drug-likeness (QED) is 0.695. The van der Waals surface area contributed by atoms with Gasteiger partial charge in [-0.05, 0) is 62.4 Å². The van der Waals surface area contributed by atoms with Gasteiger partial charge in [-0.3, -0.25) is 14.4 Å². The Labute approximate surface area is 188 Å². The van der Waals surface area contributed by atoms with Crippen molar-refractivity contribution in [3.63, 3.8) is 0 Å². The molecule has 0 spiro atoms. The molecular formula is C25H30FN3O3. The van der Waals surface area contributed by atoms with Gasteiger partial charge < -0.3 is 15.5 Å². The van der Waals surface area contributed by atoms with Crippen LogP contribution in [0.2, 0.25) is 0 Å². The van der Waals surface area contributed by atoms with Crippen LogP contribution < -0.4 is 10.6 Å². The molecule has 0 radical (unpaired) electrons. The number of benzene rings is 2. The second-order valence-corrected chi connectivity index (χ2v) is 8.25. The van der Waals surface area contributed by atoms with Crippen LogP contribution in [0.25, 0.3) is 0 Å². The second-order valence-electron chi connectivity index (χ2n) is 8.25. The number of piperidine rings is 1. The van der Waals surface area contributed by atoms with E-state index in [0.717, 1.165) is 12.0 Å². The molecule has 1 aliphatic rings. The molecule has 32 heavy (non-hydrogen) atoms. The Morgan fingerprint density at radius 1 is 1.06 bits per heavy atom. The number of carbonyl (C=O) groups is 3. The van der Waals surface area contributed by atoms with E-state index in [9.17, 15) is 18.8 Å². The third kappa shape index (κ3) is 5.93. The van der Waals surface area contributed by atoms with Crippen LogP contribution >= 0.6 is 0 Å². The number of nitrogens with zero attached hydrogens (tertiary/aromatic N) is 1. The molecule has 3 amide bonds. The molecule has 1 saturated heterocycles. The van der Waals surface area contributed by atoms with Crippen LogP contribution in [0.1, 0.15) is 52.5 Å². The summed E-state index contributed by atoms with van der Waals surface area (Å²) in [5, 5.41) is 5.81. The maximum absolute atomic E-state index is 13.5. The van der Waals surface area contributed by atoms with Crippen molar-refractivity contribution in [3.05, 3.63) is 71.0 Å². The Morgan fingerprint density at radius 2 is 1.75 bits per heavy atom. The van der Waals surface area contributed by atoms with Gasteiger partial charge >= 0.3 is 0 Å². The van der Waals surface area contributed by atoms with Crippen LogP contribution in [0.15, 0.2) is 48.5 Å². The summed E-state index contributed by atoms with van der Waals surface area (Å²) in [6.45, 7) is 5.30. The third-order valence-electron chi connectivity index (χ3n) is 5.77. The summed E-state index contributed by atoms with van der Waals surface area (Å²) >= 11 is 0. The van der Waals surface area contributed by atoms with Gasteiger partial charge in [0.2, 0.25) is 5.91 Å². The Kier molecular flexibility index (Phi) is 7.98. The molecule has 0 bridgehead atoms. The Balaban J connectivity index is 1.68. The number of halogens is 1. The highest BCUT2D eigenvalue weighted by Crippen LogP contribution is 2.23. The lowest BCUT2D eigenvalue weighted by Crippen LogP contribution is -2.54. The smallest absolute Gasteiger partial charge is 0.253 e. The third-order valence-corrected chi connectivity index (χ3v) is 5.77. The second kappa shape index (κ2) is 10.9. The fraction of sp³-hybridized carbons (Fsp3) is 0.400. The van der Waals surface area contributed by atoms with Crippen LogP contribution in [0.3, 0.4) is 0 Å². The van der Waals surface area contributed by atoms with Crippen LogP contribution in [0.5, 0.6) is 0 Å². The van der Waals surface area contributed by atoms with Crippen LogP contribution in [0, 0.1) is 18.7 Å². The lowest BCUT2D eigenvalue weighted by molar-refractivity contribution is -0.124. The molecule has 6 nitrogen and oxygen atoms in total. The van der Waals surface area contributed by atoms with Gasteiger partial charge in [-0.25, -0.2) is 4.39 Å². The molecule has 1 aliphatic heterocycles. The first-order valence-electron chi connectivity index (χ1n) is 11.1. The molecule has 0 aromatic heterocycles. The van der Waals surface area contributed by atoms with Crippen molar-refractivity contribution in [1.82, 2.24) is 15.5 Å². The largest absolute Gasteiger partial charge is 0.354 e. The number of likely N-dealkylation sites (tertiary alicyclic amines) is 1. The average Bonchev–Trinajstić information content (AvgIpc) is 2.80. The summed E-state index contributed by atoms with van der Waals surface area (Å²) in [5.74, 6) is -1.26. The molecule has 1 fully saturated rings. The zero-order chi connectivity index (χ0) is 23.1. The van der Waals surface area contributed by atoms with E-state index in [-0.39, 0.29) is 23.6 Å². The number of nitrogens with one attached hydrogen (secondary N) is 2. The highest BCUT2D eigenvalue weighted by Gasteiger charge is 2.34. The first-order chi connectivity index (χ1) is 15.4. The van der Waals surface area contributed by atoms with Gasteiger partial charge in [0.15, 0.2) is 0 Å². The summed E-state index contributed by atoms with van der Waals surface area (Å²) in [7, 11) is 0. The summed E-state index contributed by atoms with van der Waals surface area (Å²) < 4.78 is 13.5. The van der Waals surface area contributed by atoms with Crippen molar-refractivity contribution in [3.8, 4) is 0 Å². The molecule has 2 aromatic carbocycles. The molecule has 3 rings (SSSR count). The van der Waals surface area contributed by atoms with E-state index in [1.165, 1.54) is 18.2 Å². The minimum Gasteiger partial charge on any atom is -0.354 e. The highest BCUT2D eigenvalue weighted by molar-refractivity contribution is 5.98. The van der Waals surface area contributed by atoms with Crippen LogP contribution in [0.4, 0.5) is 4.39 Å². The maximum Gasteiger partial charge on any atom is 0.253 e. The molecule has 0 saturated carbocycles. The van der Waals surface area contributed by atoms with E-state index < -0.39 is 11.9 Å². The molecule has 0 aliphatic carbocycles. The maximum atomic E-state index is 13.5. The number of amides is 3. The lowest BCUT2D eigenvalue weighted by Gasteiger charge is -2.36. The number of hydrogen-bond donors (Lipinski definition) is 2. The van der Waals surface area contributed by atoms with Crippen molar-refractivity contribution >= 4 is 17.7 Å². The van der Waals surface area contributed by atoms with Gasteiger partial charge in [0.1, 0.15) is 11.9 Å². The highest BCUT2D eigenvalue weighted by atomic mass is 19.1. The van der Waals surface area contributed by atoms with Crippen molar-refractivity contribution in [2.24, 2.45) is 5.92 Å². The van der Waals surface area contributed by atoms with E-state index in [4.69, 9.17) is 0 Å². The van der Waals surface area contributed by atoms with Crippen molar-refractivity contribution < 1.29 is 18.8 Å². The van der Waals surface area contributed by atoms with Gasteiger partial charge in [0.05, 0.1) is 0 Å². The minimum atomic E-state index is -0.680. The minimum absolute atomic E-state index is 0.0998. The van der Waals surface area contributed by atoms with Crippen LogP contribution in [-0.4, -0.2) is 48.3 Å². The Hall–Kier alpha value is -3.22. The first-order valence-corrected chi connectivity index (χ1v) is 11.1. The molecule has 7 heteroatoms. The molecule has 2 N–H and O–H groups in total. The topological polar surface area (TPSA) is 78.5 Å². The fourth-order valence-electron chi connectivity index (χ4n) is 4.01. The normalized spacial score (nSPS) is 15.2. The van der Waals surface area contributed by atoms with Crippen molar-refractivity contribution in [2.45, 2.75) is 39.2 Å². The predicted molar refractivity (Wildman–Crippen MR) is 121 cm³/mol. The number of hydrogen-bond acceptors (Lipinski definition) is 3. The molecule has 2 aromatic rings. The van der Waals surface area contributed by atoms with Gasteiger partial charge in [0, 0.05) is 30.8 Å². The predicted octanol–water partition coefficient (Wildman–Crippen LogP) is 3.31. The number of carbonyl (C=O) groups excluding carboxylic acids is 3. The molecule has 1 heterocycles. The standard InChI is InChI=1S/C25H30FN3O3/c1-3-12-27-24(31)22(28-23(30)19-7-4-6-17(2)15-19)18-10-13-29(14-11-18)25(32)20-8-5-9-21(26)16-20/h4-9,15-16,18,22H,3,10-14H2,1-2H3,(H,27,31)(H,28,30). The molecule has 170 valence electrons. The Morgan fingerprint density at radius 3 is 2.41 bits per heavy atom. The van der Waals surface area contributed by atoms with Crippen molar-refractivity contribution in [1.29, 1.82) is 0 Å². The van der Waals surface area contributed by atoms with Gasteiger partial charge in [0.25, 0.3) is 11.8 Å². The zero-order valence-electron chi connectivity index (χ0n) is 18.6. The summed E-state index contributed by atoms with van der Waals surface area (Å²) in [6, 6.07) is 12.2. The fourth-order valence-corrected chi connectivity index (χ4v) is 4.01.